The maximum atomic E-state index is 5.88. The summed E-state index contributed by atoms with van der Waals surface area (Å²) in [5, 5.41) is 3.77. The highest BCUT2D eigenvalue weighted by atomic mass is 16.5. The summed E-state index contributed by atoms with van der Waals surface area (Å²) < 4.78 is 5.88. The van der Waals surface area contributed by atoms with Gasteiger partial charge < -0.3 is 19.9 Å². The summed E-state index contributed by atoms with van der Waals surface area (Å²) in [5.74, 6) is 0. The minimum absolute atomic E-state index is 0.356. The minimum atomic E-state index is 0.356. The zero-order valence-corrected chi connectivity index (χ0v) is 13.9. The summed E-state index contributed by atoms with van der Waals surface area (Å²) in [6.07, 6.45) is 8.02. The highest BCUT2D eigenvalue weighted by Gasteiger charge is 2.37. The molecule has 0 spiro atoms. The molecule has 1 aliphatic carbocycles. The second-order valence-electron chi connectivity index (χ2n) is 7.81. The molecule has 1 saturated carbocycles. The first-order valence-electron chi connectivity index (χ1n) is 8.87. The lowest BCUT2D eigenvalue weighted by Gasteiger charge is -2.44. The van der Waals surface area contributed by atoms with Gasteiger partial charge in [0.2, 0.25) is 0 Å². The lowest BCUT2D eigenvalue weighted by atomic mass is 9.81. The number of piperidine rings is 1. The average molecular weight is 295 g/mol. The van der Waals surface area contributed by atoms with E-state index in [9.17, 15) is 0 Å². The van der Waals surface area contributed by atoms with Crippen LogP contribution < -0.4 is 5.32 Å². The lowest BCUT2D eigenvalue weighted by Crippen LogP contribution is -2.53. The molecular weight excluding hydrogens is 262 g/mol. The van der Waals surface area contributed by atoms with E-state index in [1.165, 1.54) is 58.2 Å². The Balaban J connectivity index is 1.57. The molecule has 0 aromatic heterocycles. The van der Waals surface area contributed by atoms with E-state index in [0.717, 1.165) is 31.8 Å². The third-order valence-electron chi connectivity index (χ3n) is 5.52. The van der Waals surface area contributed by atoms with E-state index in [0.29, 0.717) is 5.41 Å². The molecule has 3 aliphatic rings. The van der Waals surface area contributed by atoms with Crippen LogP contribution in [0.5, 0.6) is 0 Å². The summed E-state index contributed by atoms with van der Waals surface area (Å²) in [5.41, 5.74) is 0.356. The highest BCUT2D eigenvalue weighted by molar-refractivity contribution is 4.92. The number of likely N-dealkylation sites (tertiary alicyclic amines) is 1. The summed E-state index contributed by atoms with van der Waals surface area (Å²) in [7, 11) is 4.45. The van der Waals surface area contributed by atoms with Gasteiger partial charge in [-0.2, -0.15) is 0 Å². The Bertz CT molecular complexity index is 324. The van der Waals surface area contributed by atoms with Crippen molar-refractivity contribution in [2.75, 3.05) is 53.5 Å². The van der Waals surface area contributed by atoms with Crippen LogP contribution in [-0.2, 0) is 4.74 Å². The van der Waals surface area contributed by atoms with Crippen LogP contribution in [0.4, 0.5) is 0 Å². The van der Waals surface area contributed by atoms with Crippen molar-refractivity contribution >= 4 is 0 Å². The molecule has 2 heterocycles. The molecule has 0 bridgehead atoms. The first-order chi connectivity index (χ1) is 10.2. The first-order valence-corrected chi connectivity index (χ1v) is 8.87. The molecule has 3 rings (SSSR count). The summed E-state index contributed by atoms with van der Waals surface area (Å²) >= 11 is 0. The Morgan fingerprint density at radius 3 is 2.76 bits per heavy atom. The van der Waals surface area contributed by atoms with Crippen LogP contribution in [0.2, 0.25) is 0 Å². The average Bonchev–Trinajstić information content (AvgIpc) is 3.31. The zero-order valence-electron chi connectivity index (χ0n) is 13.9. The molecule has 1 N–H and O–H groups in total. The van der Waals surface area contributed by atoms with Gasteiger partial charge in [-0.3, -0.25) is 0 Å². The fraction of sp³-hybridized carbons (Fsp3) is 1.00. The largest absolute Gasteiger partial charge is 0.381 e. The fourth-order valence-electron chi connectivity index (χ4n) is 3.95. The molecular formula is C17H33N3O. The Morgan fingerprint density at radius 2 is 2.10 bits per heavy atom. The molecule has 0 radical (unpaired) electrons. The van der Waals surface area contributed by atoms with Gasteiger partial charge in [-0.15, -0.1) is 0 Å². The predicted octanol–water partition coefficient (Wildman–Crippen LogP) is 1.56. The van der Waals surface area contributed by atoms with Crippen molar-refractivity contribution in [2.24, 2.45) is 5.41 Å². The lowest BCUT2D eigenvalue weighted by molar-refractivity contribution is -0.0334. The molecule has 0 aromatic carbocycles. The monoisotopic (exact) mass is 295 g/mol. The number of hydrogen-bond acceptors (Lipinski definition) is 4. The number of nitrogens with zero attached hydrogens (tertiary/aromatic N) is 2. The molecule has 21 heavy (non-hydrogen) atoms. The standard InChI is InChI=1S/C17H33N3O/c1-19(2)16-5-3-9-20(11-16)13-17(8-4-10-21-14-17)12-18-15-6-7-15/h15-16,18H,3-14H2,1-2H3. The van der Waals surface area contributed by atoms with Crippen LogP contribution in [0.1, 0.15) is 38.5 Å². The van der Waals surface area contributed by atoms with Crippen LogP contribution >= 0.6 is 0 Å². The SMILES string of the molecule is CN(C)C1CCCN(CC2(CNC3CC3)CCCOC2)C1. The van der Waals surface area contributed by atoms with Gasteiger partial charge >= 0.3 is 0 Å². The van der Waals surface area contributed by atoms with Crippen molar-refractivity contribution in [2.45, 2.75) is 50.6 Å². The van der Waals surface area contributed by atoms with E-state index in [2.05, 4.69) is 29.2 Å². The van der Waals surface area contributed by atoms with Gasteiger partial charge in [-0.05, 0) is 59.2 Å². The number of nitrogens with one attached hydrogen (secondary N) is 1. The Labute approximate surface area is 130 Å². The van der Waals surface area contributed by atoms with Crippen LogP contribution in [0.15, 0.2) is 0 Å². The first kappa shape index (κ1) is 15.7. The van der Waals surface area contributed by atoms with Crippen LogP contribution in [-0.4, -0.2) is 75.4 Å². The van der Waals surface area contributed by atoms with Gasteiger partial charge in [0.15, 0.2) is 0 Å². The summed E-state index contributed by atoms with van der Waals surface area (Å²) in [4.78, 5) is 5.11. The van der Waals surface area contributed by atoms with E-state index in [1.54, 1.807) is 0 Å². The molecule has 2 unspecified atom stereocenters. The van der Waals surface area contributed by atoms with E-state index in [-0.39, 0.29) is 0 Å². The normalized spacial score (nSPS) is 35.3. The molecule has 2 saturated heterocycles. The Hall–Kier alpha value is -0.160. The fourth-order valence-corrected chi connectivity index (χ4v) is 3.95. The molecule has 4 nitrogen and oxygen atoms in total. The van der Waals surface area contributed by atoms with Gasteiger partial charge in [0, 0.05) is 43.7 Å². The zero-order chi connectivity index (χ0) is 14.7. The highest BCUT2D eigenvalue weighted by Crippen LogP contribution is 2.32. The third kappa shape index (κ3) is 4.41. The number of likely N-dealkylation sites (N-methyl/N-ethyl adjacent to an activating group) is 1. The van der Waals surface area contributed by atoms with E-state index in [4.69, 9.17) is 4.74 Å². The van der Waals surface area contributed by atoms with Crippen LogP contribution in [0.25, 0.3) is 0 Å². The quantitative estimate of drug-likeness (QED) is 0.805. The van der Waals surface area contributed by atoms with Crippen LogP contribution in [0, 0.1) is 5.41 Å². The van der Waals surface area contributed by atoms with Crippen molar-refractivity contribution in [3.05, 3.63) is 0 Å². The number of ether oxygens (including phenoxy) is 1. The molecule has 4 heteroatoms. The van der Waals surface area contributed by atoms with Gasteiger partial charge in [-0.25, -0.2) is 0 Å². The maximum Gasteiger partial charge on any atom is 0.0546 e. The predicted molar refractivity (Wildman–Crippen MR) is 86.7 cm³/mol. The van der Waals surface area contributed by atoms with Crippen molar-refractivity contribution in [1.82, 2.24) is 15.1 Å². The van der Waals surface area contributed by atoms with Gasteiger partial charge in [-0.1, -0.05) is 0 Å². The molecule has 0 amide bonds. The Kier molecular flexibility index (Phi) is 5.20. The molecule has 122 valence electrons. The molecule has 3 fully saturated rings. The van der Waals surface area contributed by atoms with Crippen molar-refractivity contribution in [3.63, 3.8) is 0 Å². The molecule has 2 atom stereocenters. The van der Waals surface area contributed by atoms with Crippen molar-refractivity contribution < 1.29 is 4.74 Å². The second-order valence-corrected chi connectivity index (χ2v) is 7.81. The summed E-state index contributed by atoms with van der Waals surface area (Å²) in [6, 6.07) is 1.54. The van der Waals surface area contributed by atoms with E-state index >= 15 is 0 Å². The molecule has 2 aliphatic heterocycles. The minimum Gasteiger partial charge on any atom is -0.381 e. The van der Waals surface area contributed by atoms with E-state index < -0.39 is 0 Å². The number of hydrogen-bond donors (Lipinski definition) is 1. The Morgan fingerprint density at radius 1 is 1.24 bits per heavy atom. The topological polar surface area (TPSA) is 27.7 Å². The van der Waals surface area contributed by atoms with Gasteiger partial charge in [0.05, 0.1) is 6.61 Å². The van der Waals surface area contributed by atoms with Crippen molar-refractivity contribution in [1.29, 1.82) is 0 Å². The van der Waals surface area contributed by atoms with Crippen LogP contribution in [0.3, 0.4) is 0 Å². The van der Waals surface area contributed by atoms with Crippen molar-refractivity contribution in [3.8, 4) is 0 Å². The van der Waals surface area contributed by atoms with Gasteiger partial charge in [0.1, 0.15) is 0 Å². The number of rotatable bonds is 6. The summed E-state index contributed by atoms with van der Waals surface area (Å²) in [6.45, 7) is 6.80. The maximum absolute atomic E-state index is 5.88. The van der Waals surface area contributed by atoms with Gasteiger partial charge in [0.25, 0.3) is 0 Å². The second kappa shape index (κ2) is 6.95. The third-order valence-corrected chi connectivity index (χ3v) is 5.52. The smallest absolute Gasteiger partial charge is 0.0546 e. The van der Waals surface area contributed by atoms with E-state index in [1.807, 2.05) is 0 Å². The molecule has 0 aromatic rings.